The van der Waals surface area contributed by atoms with Gasteiger partial charge in [0.25, 0.3) is 0 Å². The van der Waals surface area contributed by atoms with Crippen molar-refractivity contribution in [2.24, 2.45) is 0 Å². The van der Waals surface area contributed by atoms with E-state index in [4.69, 9.17) is 0 Å². The van der Waals surface area contributed by atoms with Gasteiger partial charge in [0, 0.05) is 41.3 Å². The van der Waals surface area contributed by atoms with E-state index < -0.39 is 6.10 Å². The fourth-order valence-electron chi connectivity index (χ4n) is 2.94. The third-order valence-electron chi connectivity index (χ3n) is 4.48. The van der Waals surface area contributed by atoms with Gasteiger partial charge in [0.15, 0.2) is 0 Å². The number of aromatic nitrogens is 1. The molecule has 0 saturated heterocycles. The summed E-state index contributed by atoms with van der Waals surface area (Å²) >= 11 is 1.29. The third kappa shape index (κ3) is 5.48. The number of aliphatic hydroxyl groups is 1. The molecule has 140 valence electrons. The highest BCUT2D eigenvalue weighted by atomic mass is 35.5. The molecule has 6 heteroatoms. The zero-order chi connectivity index (χ0) is 17.6. The maximum Gasteiger partial charge on any atom is 0.139 e. The molecule has 0 bridgehead atoms. The van der Waals surface area contributed by atoms with Crippen LogP contribution in [0.4, 0.5) is 4.39 Å². The number of hydrogen-bond donors (Lipinski definition) is 2. The molecule has 2 atom stereocenters. The average Bonchev–Trinajstić information content (AvgIpc) is 3.06. The van der Waals surface area contributed by atoms with Crippen LogP contribution in [0.5, 0.6) is 0 Å². The molecule has 1 aromatic carbocycles. The van der Waals surface area contributed by atoms with E-state index in [1.807, 2.05) is 18.5 Å². The van der Waals surface area contributed by atoms with E-state index in [0.29, 0.717) is 18.0 Å². The summed E-state index contributed by atoms with van der Waals surface area (Å²) in [6, 6.07) is 8.75. The van der Waals surface area contributed by atoms with Gasteiger partial charge in [0.2, 0.25) is 0 Å². The lowest BCUT2D eigenvalue weighted by Crippen LogP contribution is -2.25. The molecule has 2 N–H and O–H groups in total. The summed E-state index contributed by atoms with van der Waals surface area (Å²) in [4.78, 5) is 4.13. The van der Waals surface area contributed by atoms with Gasteiger partial charge in [-0.25, -0.2) is 4.39 Å². The summed E-state index contributed by atoms with van der Waals surface area (Å²) in [5.41, 5.74) is 1.67. The first kappa shape index (κ1) is 20.8. The number of aliphatic hydroxyl groups excluding tert-OH is 1. The lowest BCUT2D eigenvalue weighted by molar-refractivity contribution is 0.158. The molecule has 0 amide bonds. The Labute approximate surface area is 163 Å². The highest BCUT2D eigenvalue weighted by Gasteiger charge is 2.14. The van der Waals surface area contributed by atoms with Crippen molar-refractivity contribution >= 4 is 34.5 Å². The van der Waals surface area contributed by atoms with Gasteiger partial charge < -0.3 is 10.4 Å². The predicted molar refractivity (Wildman–Crippen MR) is 108 cm³/mol. The number of halogens is 2. The monoisotopic (exact) mass is 394 g/mol. The van der Waals surface area contributed by atoms with Crippen molar-refractivity contribution in [2.45, 2.75) is 44.9 Å². The molecule has 0 radical (unpaired) electrons. The van der Waals surface area contributed by atoms with Crippen LogP contribution in [0.2, 0.25) is 0 Å². The van der Waals surface area contributed by atoms with Crippen LogP contribution in [-0.4, -0.2) is 16.1 Å². The minimum atomic E-state index is -0.701. The number of hydrogen-bond acceptors (Lipinski definition) is 4. The topological polar surface area (TPSA) is 45.1 Å². The Kier molecular flexibility index (Phi) is 7.97. The molecule has 3 nitrogen and oxygen atoms in total. The Balaban J connectivity index is 0.00000243. The maximum atomic E-state index is 13.4. The minimum Gasteiger partial charge on any atom is -0.388 e. The number of rotatable bonds is 8. The Hall–Kier alpha value is -1.53. The van der Waals surface area contributed by atoms with Crippen LogP contribution in [0.15, 0.2) is 47.4 Å². The summed E-state index contributed by atoms with van der Waals surface area (Å²) in [6.07, 6.45) is 5.37. The Morgan fingerprint density at radius 3 is 2.81 bits per heavy atom. The molecule has 0 aliphatic heterocycles. The second-order valence-corrected chi connectivity index (χ2v) is 7.20. The standard InChI is InChI=1S/C20H23FN2OS.ClH/c1-14(3-2-4-20(24)18-12-25-13-19(18)21)23-10-15-5-6-17-11-22-8-7-16(17)9-15;/h5-9,11-14,20,23-24H,2-4,10H2,1H3;1H/t14-,20?;/m1./s1. The summed E-state index contributed by atoms with van der Waals surface area (Å²) < 4.78 is 13.4. The van der Waals surface area contributed by atoms with Gasteiger partial charge in [-0.1, -0.05) is 12.1 Å². The molecular formula is C20H24ClFN2OS. The van der Waals surface area contributed by atoms with E-state index in [9.17, 15) is 9.50 Å². The lowest BCUT2D eigenvalue weighted by Gasteiger charge is -2.15. The van der Waals surface area contributed by atoms with Crippen LogP contribution in [0.25, 0.3) is 10.8 Å². The van der Waals surface area contributed by atoms with Gasteiger partial charge >= 0.3 is 0 Å². The number of nitrogens with zero attached hydrogens (tertiary/aromatic N) is 1. The molecule has 0 aliphatic rings. The first-order valence-electron chi connectivity index (χ1n) is 8.59. The van der Waals surface area contributed by atoms with Crippen LogP contribution in [-0.2, 0) is 6.54 Å². The normalized spacial score (nSPS) is 13.3. The van der Waals surface area contributed by atoms with Crippen molar-refractivity contribution in [2.75, 3.05) is 0 Å². The molecule has 0 spiro atoms. The summed E-state index contributed by atoms with van der Waals surface area (Å²) in [5, 5.41) is 19.0. The number of nitrogens with one attached hydrogen (secondary N) is 1. The van der Waals surface area contributed by atoms with Crippen molar-refractivity contribution in [3.8, 4) is 0 Å². The smallest absolute Gasteiger partial charge is 0.139 e. The average molecular weight is 395 g/mol. The van der Waals surface area contributed by atoms with Crippen LogP contribution in [0.1, 0.15) is 43.4 Å². The van der Waals surface area contributed by atoms with Crippen LogP contribution >= 0.6 is 23.7 Å². The highest BCUT2D eigenvalue weighted by Crippen LogP contribution is 2.25. The second-order valence-electron chi connectivity index (χ2n) is 6.46. The fourth-order valence-corrected chi connectivity index (χ4v) is 3.68. The van der Waals surface area contributed by atoms with Crippen molar-refractivity contribution in [1.82, 2.24) is 10.3 Å². The molecule has 2 heterocycles. The Morgan fingerprint density at radius 2 is 2.04 bits per heavy atom. The van der Waals surface area contributed by atoms with E-state index in [-0.39, 0.29) is 18.2 Å². The molecule has 0 fully saturated rings. The first-order valence-corrected chi connectivity index (χ1v) is 9.53. The Morgan fingerprint density at radius 1 is 1.19 bits per heavy atom. The zero-order valence-corrected chi connectivity index (χ0v) is 16.3. The van der Waals surface area contributed by atoms with Crippen molar-refractivity contribution in [3.05, 3.63) is 64.4 Å². The largest absolute Gasteiger partial charge is 0.388 e. The number of pyridine rings is 1. The van der Waals surface area contributed by atoms with Gasteiger partial charge in [-0.2, -0.15) is 0 Å². The van der Waals surface area contributed by atoms with Crippen molar-refractivity contribution < 1.29 is 9.50 Å². The number of benzene rings is 1. The zero-order valence-electron chi connectivity index (χ0n) is 14.7. The highest BCUT2D eigenvalue weighted by molar-refractivity contribution is 7.08. The van der Waals surface area contributed by atoms with Gasteiger partial charge in [0.1, 0.15) is 5.82 Å². The summed E-state index contributed by atoms with van der Waals surface area (Å²) in [5.74, 6) is -0.296. The molecule has 2 aromatic heterocycles. The fraction of sp³-hybridized carbons (Fsp3) is 0.350. The van der Waals surface area contributed by atoms with E-state index in [1.54, 1.807) is 5.38 Å². The van der Waals surface area contributed by atoms with Crippen LogP contribution in [0, 0.1) is 5.82 Å². The predicted octanol–water partition coefficient (Wildman–Crippen LogP) is 5.24. The molecule has 3 aromatic rings. The van der Waals surface area contributed by atoms with Crippen molar-refractivity contribution in [1.29, 1.82) is 0 Å². The Bertz CT molecular complexity index is 826. The molecule has 26 heavy (non-hydrogen) atoms. The molecule has 3 rings (SSSR count). The van der Waals surface area contributed by atoms with Gasteiger partial charge in [-0.15, -0.1) is 23.7 Å². The van der Waals surface area contributed by atoms with Crippen molar-refractivity contribution in [3.63, 3.8) is 0 Å². The molecular weight excluding hydrogens is 371 g/mol. The van der Waals surface area contributed by atoms with E-state index in [0.717, 1.165) is 24.8 Å². The third-order valence-corrected chi connectivity index (χ3v) is 5.21. The van der Waals surface area contributed by atoms with E-state index >= 15 is 0 Å². The van der Waals surface area contributed by atoms with Gasteiger partial charge in [-0.3, -0.25) is 4.98 Å². The number of thiophene rings is 1. The van der Waals surface area contributed by atoms with E-state index in [2.05, 4.69) is 35.4 Å². The van der Waals surface area contributed by atoms with Gasteiger partial charge in [-0.05, 0) is 54.6 Å². The van der Waals surface area contributed by atoms with E-state index in [1.165, 1.54) is 27.7 Å². The lowest BCUT2D eigenvalue weighted by atomic mass is 10.0. The molecule has 1 unspecified atom stereocenters. The van der Waals surface area contributed by atoms with Crippen LogP contribution in [0.3, 0.4) is 0 Å². The summed E-state index contributed by atoms with van der Waals surface area (Å²) in [7, 11) is 0. The first-order chi connectivity index (χ1) is 12.1. The van der Waals surface area contributed by atoms with Crippen LogP contribution < -0.4 is 5.32 Å². The van der Waals surface area contributed by atoms with Gasteiger partial charge in [0.05, 0.1) is 6.10 Å². The summed E-state index contributed by atoms with van der Waals surface area (Å²) in [6.45, 7) is 2.95. The quantitative estimate of drug-likeness (QED) is 0.549. The maximum absolute atomic E-state index is 13.4. The molecule has 0 aliphatic carbocycles. The second kappa shape index (κ2) is 9.97. The SMILES string of the molecule is C[C@H](CCCC(O)c1cscc1F)NCc1ccc2cnccc2c1.Cl. The molecule has 0 saturated carbocycles. The number of fused-ring (bicyclic) bond motifs is 1. The minimum absolute atomic E-state index is 0.